The van der Waals surface area contributed by atoms with Gasteiger partial charge in [0.2, 0.25) is 0 Å². The Labute approximate surface area is 193 Å². The van der Waals surface area contributed by atoms with Gasteiger partial charge in [0.25, 0.3) is 0 Å². The molecule has 32 heavy (non-hydrogen) atoms. The summed E-state index contributed by atoms with van der Waals surface area (Å²) in [5.41, 5.74) is 8.14. The number of hydrogen-bond acceptors (Lipinski definition) is 2. The van der Waals surface area contributed by atoms with Crippen LogP contribution in [0.25, 0.3) is 27.6 Å². The molecule has 0 unspecified atom stereocenters. The molecule has 0 saturated carbocycles. The smallest absolute Gasteiger partial charge is 0.0554 e. The molecule has 0 saturated heterocycles. The third-order valence-corrected chi connectivity index (χ3v) is 6.42. The maximum absolute atomic E-state index is 4.12. The van der Waals surface area contributed by atoms with Crippen molar-refractivity contribution >= 4 is 34.5 Å². The highest BCUT2D eigenvalue weighted by molar-refractivity contribution is 7.13. The number of anilines is 3. The highest BCUT2D eigenvalue weighted by Gasteiger charge is 2.22. The van der Waals surface area contributed by atoms with Crippen molar-refractivity contribution < 1.29 is 0 Å². The molecule has 0 atom stereocenters. The molecular formula is C30H23NS. The van der Waals surface area contributed by atoms with E-state index < -0.39 is 0 Å². The van der Waals surface area contributed by atoms with Gasteiger partial charge in [-0.3, -0.25) is 0 Å². The van der Waals surface area contributed by atoms with Gasteiger partial charge >= 0.3 is 0 Å². The Kier molecular flexibility index (Phi) is 5.69. The van der Waals surface area contributed by atoms with Crippen LogP contribution in [0.3, 0.4) is 0 Å². The topological polar surface area (TPSA) is 3.24 Å². The fourth-order valence-electron chi connectivity index (χ4n) is 4.13. The molecule has 1 nitrogen and oxygen atoms in total. The van der Waals surface area contributed by atoms with Gasteiger partial charge in [0.1, 0.15) is 0 Å². The van der Waals surface area contributed by atoms with Crippen molar-refractivity contribution in [2.24, 2.45) is 0 Å². The van der Waals surface area contributed by atoms with Crippen molar-refractivity contribution in [2.45, 2.75) is 0 Å². The van der Waals surface area contributed by atoms with Crippen molar-refractivity contribution in [3.63, 3.8) is 0 Å². The van der Waals surface area contributed by atoms with E-state index >= 15 is 0 Å². The molecule has 0 amide bonds. The van der Waals surface area contributed by atoms with E-state index in [0.717, 1.165) is 22.6 Å². The van der Waals surface area contributed by atoms with Gasteiger partial charge in [-0.25, -0.2) is 0 Å². The van der Waals surface area contributed by atoms with Crippen molar-refractivity contribution in [3.8, 4) is 21.6 Å². The van der Waals surface area contributed by atoms with E-state index in [1.165, 1.54) is 21.6 Å². The molecule has 0 aliphatic heterocycles. The van der Waals surface area contributed by atoms with Gasteiger partial charge in [0, 0.05) is 21.8 Å². The molecule has 0 radical (unpaired) electrons. The van der Waals surface area contributed by atoms with Crippen LogP contribution in [0.15, 0.2) is 127 Å². The van der Waals surface area contributed by atoms with Crippen molar-refractivity contribution in [1.29, 1.82) is 0 Å². The Morgan fingerprint density at radius 3 is 1.72 bits per heavy atom. The Balaban J connectivity index is 1.87. The average Bonchev–Trinajstić information content (AvgIpc) is 3.40. The molecule has 0 bridgehead atoms. The van der Waals surface area contributed by atoms with Gasteiger partial charge in [-0.05, 0) is 58.5 Å². The highest BCUT2D eigenvalue weighted by atomic mass is 32.1. The minimum Gasteiger partial charge on any atom is -0.310 e. The fourth-order valence-corrected chi connectivity index (χ4v) is 4.92. The number of rotatable bonds is 6. The third kappa shape index (κ3) is 3.77. The molecule has 154 valence electrons. The van der Waals surface area contributed by atoms with Crippen LogP contribution >= 0.6 is 11.3 Å². The molecule has 0 spiro atoms. The molecule has 0 fully saturated rings. The first kappa shape index (κ1) is 20.0. The summed E-state index contributed by atoms with van der Waals surface area (Å²) in [6.45, 7) is 4.12. The summed E-state index contributed by atoms with van der Waals surface area (Å²) >= 11 is 1.77. The average molecular weight is 430 g/mol. The van der Waals surface area contributed by atoms with Crippen molar-refractivity contribution in [2.75, 3.05) is 4.90 Å². The number of hydrogen-bond donors (Lipinski definition) is 0. The summed E-state index contributed by atoms with van der Waals surface area (Å²) in [6.07, 6.45) is 1.96. The number of para-hydroxylation sites is 2. The Morgan fingerprint density at radius 1 is 0.594 bits per heavy atom. The van der Waals surface area contributed by atoms with E-state index in [0.29, 0.717) is 0 Å². The molecule has 4 aromatic carbocycles. The van der Waals surface area contributed by atoms with Gasteiger partial charge in [0.05, 0.1) is 5.69 Å². The zero-order chi connectivity index (χ0) is 21.8. The Morgan fingerprint density at radius 2 is 1.19 bits per heavy atom. The van der Waals surface area contributed by atoms with Crippen LogP contribution in [0.4, 0.5) is 17.1 Å². The molecule has 5 rings (SSSR count). The largest absolute Gasteiger partial charge is 0.310 e. The summed E-state index contributed by atoms with van der Waals surface area (Å²) in [6, 6.07) is 40.5. The van der Waals surface area contributed by atoms with Crippen LogP contribution < -0.4 is 4.90 Å². The van der Waals surface area contributed by atoms with E-state index in [2.05, 4.69) is 132 Å². The summed E-state index contributed by atoms with van der Waals surface area (Å²) < 4.78 is 0. The van der Waals surface area contributed by atoms with Crippen molar-refractivity contribution in [1.82, 2.24) is 0 Å². The molecule has 0 N–H and O–H groups in total. The highest BCUT2D eigenvalue weighted by Crippen LogP contribution is 2.47. The Bertz CT molecular complexity index is 1270. The zero-order valence-corrected chi connectivity index (χ0v) is 18.5. The predicted octanol–water partition coefficient (Wildman–Crippen LogP) is 9.19. The van der Waals surface area contributed by atoms with Gasteiger partial charge in [0.15, 0.2) is 0 Å². The van der Waals surface area contributed by atoms with Gasteiger partial charge in [-0.15, -0.1) is 11.3 Å². The summed E-state index contributed by atoms with van der Waals surface area (Å²) in [5, 5.41) is 2.14. The maximum Gasteiger partial charge on any atom is 0.0554 e. The minimum atomic E-state index is 1.13. The normalized spacial score (nSPS) is 10.6. The van der Waals surface area contributed by atoms with E-state index in [1.54, 1.807) is 11.3 Å². The number of benzene rings is 4. The van der Waals surface area contributed by atoms with Gasteiger partial charge in [-0.2, -0.15) is 0 Å². The predicted molar refractivity (Wildman–Crippen MR) is 140 cm³/mol. The van der Waals surface area contributed by atoms with Crippen LogP contribution in [0.2, 0.25) is 0 Å². The molecule has 5 aromatic rings. The van der Waals surface area contributed by atoms with E-state index in [4.69, 9.17) is 0 Å². The third-order valence-electron chi connectivity index (χ3n) is 5.54. The number of nitrogens with zero attached hydrogens (tertiary/aromatic N) is 1. The quantitative estimate of drug-likeness (QED) is 0.260. The molecular weight excluding hydrogens is 406 g/mol. The van der Waals surface area contributed by atoms with Gasteiger partial charge in [-0.1, -0.05) is 91.5 Å². The van der Waals surface area contributed by atoms with Gasteiger partial charge < -0.3 is 4.90 Å². The monoisotopic (exact) mass is 429 g/mol. The zero-order valence-electron chi connectivity index (χ0n) is 17.7. The minimum absolute atomic E-state index is 1.13. The lowest BCUT2D eigenvalue weighted by Crippen LogP contribution is -2.11. The lowest BCUT2D eigenvalue weighted by atomic mass is 9.91. The van der Waals surface area contributed by atoms with Crippen LogP contribution in [-0.2, 0) is 0 Å². The molecule has 2 heteroatoms. The van der Waals surface area contributed by atoms with Crippen molar-refractivity contribution in [3.05, 3.63) is 133 Å². The first-order valence-electron chi connectivity index (χ1n) is 10.7. The van der Waals surface area contributed by atoms with Crippen LogP contribution in [0.5, 0.6) is 0 Å². The lowest BCUT2D eigenvalue weighted by molar-refractivity contribution is 1.28. The second kappa shape index (κ2) is 9.09. The molecule has 0 aliphatic carbocycles. The molecule has 1 aromatic heterocycles. The molecule has 1 heterocycles. The molecule has 0 aliphatic rings. The van der Waals surface area contributed by atoms with E-state index in [-0.39, 0.29) is 0 Å². The summed E-state index contributed by atoms with van der Waals surface area (Å²) in [4.78, 5) is 3.58. The summed E-state index contributed by atoms with van der Waals surface area (Å²) in [7, 11) is 0. The second-order valence-corrected chi connectivity index (χ2v) is 8.43. The SMILES string of the molecule is C=Cc1ccc(N(c2ccccc2)c2ccccc2)c(-c2cccs2)c1-c1ccccc1. The fraction of sp³-hybridized carbons (Fsp3) is 0. The Hall–Kier alpha value is -3.88. The van der Waals surface area contributed by atoms with Crippen LogP contribution in [-0.4, -0.2) is 0 Å². The number of thiophene rings is 1. The van der Waals surface area contributed by atoms with Crippen LogP contribution in [0, 0.1) is 0 Å². The maximum atomic E-state index is 4.12. The van der Waals surface area contributed by atoms with Crippen LogP contribution in [0.1, 0.15) is 5.56 Å². The van der Waals surface area contributed by atoms with E-state index in [1.807, 2.05) is 6.08 Å². The lowest BCUT2D eigenvalue weighted by Gasteiger charge is -2.29. The second-order valence-electron chi connectivity index (χ2n) is 7.48. The standard InChI is InChI=1S/C30H23NS/c1-2-23-20-21-27(31(25-15-8-4-9-16-25)26-17-10-5-11-18-26)30(28-19-12-22-32-28)29(23)24-13-6-3-7-14-24/h2-22H,1H2. The van der Waals surface area contributed by atoms with E-state index in [9.17, 15) is 0 Å². The first-order valence-corrected chi connectivity index (χ1v) is 11.5. The summed E-state index contributed by atoms with van der Waals surface area (Å²) in [5.74, 6) is 0. The first-order chi connectivity index (χ1) is 15.9.